The summed E-state index contributed by atoms with van der Waals surface area (Å²) in [5, 5.41) is 20.6. The molecule has 0 amide bonds. The lowest BCUT2D eigenvalue weighted by Crippen LogP contribution is -2.18. The first kappa shape index (κ1) is 27.2. The number of carboxylic acids is 1. The van der Waals surface area contributed by atoms with Gasteiger partial charge in [0.1, 0.15) is 23.5 Å². The van der Waals surface area contributed by atoms with Crippen LogP contribution < -0.4 is 20.5 Å². The molecule has 0 saturated carbocycles. The third kappa shape index (κ3) is 6.18. The Morgan fingerprint density at radius 1 is 1.18 bits per heavy atom. The Kier molecular flexibility index (Phi) is 8.14. The first-order valence-corrected chi connectivity index (χ1v) is 12.4. The molecule has 3 aromatic carbocycles. The molecular formula is C29H30FN5O4. The molecule has 4 aromatic rings. The van der Waals surface area contributed by atoms with E-state index in [1.807, 2.05) is 6.92 Å². The minimum absolute atomic E-state index is 0.0349. The van der Waals surface area contributed by atoms with Crippen molar-refractivity contribution in [1.29, 1.82) is 5.41 Å². The highest BCUT2D eigenvalue weighted by Gasteiger charge is 2.26. The number of hydrogen-bond acceptors (Lipinski definition) is 6. The van der Waals surface area contributed by atoms with E-state index in [0.29, 0.717) is 40.7 Å². The highest BCUT2D eigenvalue weighted by atomic mass is 19.1. The first-order valence-electron chi connectivity index (χ1n) is 12.4. The molecule has 0 radical (unpaired) electrons. The Hall–Kier alpha value is -4.86. The lowest BCUT2D eigenvalue weighted by Gasteiger charge is -2.22. The second kappa shape index (κ2) is 11.7. The van der Waals surface area contributed by atoms with Crippen LogP contribution in [0.4, 0.5) is 10.1 Å². The van der Waals surface area contributed by atoms with Crippen LogP contribution in [-0.2, 0) is 0 Å². The fourth-order valence-corrected chi connectivity index (χ4v) is 4.12. The summed E-state index contributed by atoms with van der Waals surface area (Å²) in [7, 11) is 0. The number of ether oxygens (including phenoxy) is 2. The van der Waals surface area contributed by atoms with Crippen LogP contribution >= 0.6 is 0 Å². The molecule has 6 N–H and O–H groups in total. The number of benzene rings is 3. The van der Waals surface area contributed by atoms with Gasteiger partial charge in [-0.25, -0.2) is 14.2 Å². The predicted octanol–water partition coefficient (Wildman–Crippen LogP) is 5.59. The van der Waals surface area contributed by atoms with Gasteiger partial charge in [0.25, 0.3) is 0 Å². The number of anilines is 1. The Bertz CT molecular complexity index is 1480. The average Bonchev–Trinajstić information content (AvgIpc) is 3.39. The summed E-state index contributed by atoms with van der Waals surface area (Å²) < 4.78 is 27.4. The third-order valence-corrected chi connectivity index (χ3v) is 5.85. The van der Waals surface area contributed by atoms with Crippen LogP contribution in [-0.4, -0.2) is 39.6 Å². The Morgan fingerprint density at radius 2 is 1.90 bits per heavy atom. The van der Waals surface area contributed by atoms with Gasteiger partial charge in [0.05, 0.1) is 30.2 Å². The van der Waals surface area contributed by atoms with Gasteiger partial charge in [-0.2, -0.15) is 0 Å². The zero-order chi connectivity index (χ0) is 28.1. The molecule has 202 valence electrons. The van der Waals surface area contributed by atoms with Crippen LogP contribution in [0.5, 0.6) is 11.5 Å². The minimum atomic E-state index is -1.08. The molecule has 0 bridgehead atoms. The molecule has 1 heterocycles. The Labute approximate surface area is 225 Å². The molecule has 0 spiro atoms. The molecule has 0 aliphatic heterocycles. The number of aromatic nitrogens is 2. The monoisotopic (exact) mass is 531 g/mol. The topological polar surface area (TPSA) is 146 Å². The van der Waals surface area contributed by atoms with E-state index < -0.39 is 17.8 Å². The number of halogens is 1. The zero-order valence-corrected chi connectivity index (χ0v) is 21.8. The Morgan fingerprint density at radius 3 is 2.54 bits per heavy atom. The van der Waals surface area contributed by atoms with Crippen molar-refractivity contribution in [2.75, 3.05) is 11.9 Å². The number of nitrogen functional groups attached to an aromatic ring is 1. The largest absolute Gasteiger partial charge is 0.494 e. The molecule has 0 fully saturated rings. The number of imidazole rings is 1. The maximum absolute atomic E-state index is 16.0. The number of nitrogens with two attached hydrogens (primary N) is 1. The van der Waals surface area contributed by atoms with Gasteiger partial charge in [-0.1, -0.05) is 18.2 Å². The smallest absolute Gasteiger partial charge is 0.336 e. The van der Waals surface area contributed by atoms with Crippen molar-refractivity contribution < 1.29 is 23.8 Å². The normalized spacial score (nSPS) is 11.7. The van der Waals surface area contributed by atoms with Crippen molar-refractivity contribution in [2.24, 2.45) is 5.73 Å². The van der Waals surface area contributed by atoms with Crippen LogP contribution in [0.15, 0.2) is 66.9 Å². The molecular weight excluding hydrogens is 501 g/mol. The number of amidine groups is 1. The highest BCUT2D eigenvalue weighted by molar-refractivity contribution is 5.95. The van der Waals surface area contributed by atoms with E-state index in [0.717, 1.165) is 0 Å². The number of nitrogens with one attached hydrogen (secondary N) is 3. The number of rotatable bonds is 11. The number of H-pyrrole nitrogens is 1. The third-order valence-electron chi connectivity index (χ3n) is 5.85. The maximum atomic E-state index is 16.0. The van der Waals surface area contributed by atoms with Crippen molar-refractivity contribution >= 4 is 17.5 Å². The van der Waals surface area contributed by atoms with Gasteiger partial charge in [-0.05, 0) is 57.2 Å². The molecule has 10 heteroatoms. The van der Waals surface area contributed by atoms with E-state index in [4.69, 9.17) is 20.6 Å². The molecule has 4 rings (SSSR count). The molecule has 39 heavy (non-hydrogen) atoms. The van der Waals surface area contributed by atoms with Crippen molar-refractivity contribution in [2.45, 2.75) is 32.9 Å². The Balaban J connectivity index is 1.85. The fourth-order valence-electron chi connectivity index (χ4n) is 4.12. The van der Waals surface area contributed by atoms with Gasteiger partial charge in [0, 0.05) is 28.4 Å². The molecule has 0 aliphatic carbocycles. The van der Waals surface area contributed by atoms with E-state index in [9.17, 15) is 9.90 Å². The van der Waals surface area contributed by atoms with Gasteiger partial charge in [-0.3, -0.25) is 5.41 Å². The summed E-state index contributed by atoms with van der Waals surface area (Å²) in [5.74, 6) is -0.943. The quantitative estimate of drug-likeness (QED) is 0.125. The first-order chi connectivity index (χ1) is 18.7. The van der Waals surface area contributed by atoms with E-state index in [2.05, 4.69) is 15.3 Å². The summed E-state index contributed by atoms with van der Waals surface area (Å²) in [4.78, 5) is 19.5. The molecule has 1 aromatic heterocycles. The van der Waals surface area contributed by atoms with Crippen molar-refractivity contribution in [3.05, 3.63) is 95.2 Å². The number of hydrogen-bond donors (Lipinski definition) is 5. The predicted molar refractivity (Wildman–Crippen MR) is 147 cm³/mol. The zero-order valence-electron chi connectivity index (χ0n) is 21.8. The molecule has 9 nitrogen and oxygen atoms in total. The summed E-state index contributed by atoms with van der Waals surface area (Å²) >= 11 is 0. The maximum Gasteiger partial charge on any atom is 0.336 e. The lowest BCUT2D eigenvalue weighted by molar-refractivity contribution is 0.0697. The summed E-state index contributed by atoms with van der Waals surface area (Å²) in [6, 6.07) is 15.6. The summed E-state index contributed by atoms with van der Waals surface area (Å²) in [5.41, 5.74) is 7.96. The SMILES string of the molecule is CCOc1cc(OC(C)C)c(F)c(C(Nc2ccc(C(=N)N)cc2)c2ncc(-c3ccccc3C(=O)O)[nH]2)c1. The number of carbonyl (C=O) groups is 1. The van der Waals surface area contributed by atoms with Gasteiger partial charge in [0.15, 0.2) is 11.6 Å². The molecule has 1 unspecified atom stereocenters. The number of aromatic amines is 1. The molecule has 1 atom stereocenters. The van der Waals surface area contributed by atoms with Crippen LogP contribution in [0.3, 0.4) is 0 Å². The van der Waals surface area contributed by atoms with E-state index in [1.54, 1.807) is 62.4 Å². The summed E-state index contributed by atoms with van der Waals surface area (Å²) in [6.07, 6.45) is 1.23. The van der Waals surface area contributed by atoms with Gasteiger partial charge in [-0.15, -0.1) is 0 Å². The van der Waals surface area contributed by atoms with E-state index in [-0.39, 0.29) is 28.8 Å². The number of nitrogens with zero attached hydrogens (tertiary/aromatic N) is 1. The molecule has 0 saturated heterocycles. The van der Waals surface area contributed by atoms with Crippen LogP contribution in [0, 0.1) is 11.2 Å². The van der Waals surface area contributed by atoms with Gasteiger partial charge in [0.2, 0.25) is 0 Å². The van der Waals surface area contributed by atoms with Crippen LogP contribution in [0.25, 0.3) is 11.3 Å². The van der Waals surface area contributed by atoms with Crippen LogP contribution in [0.2, 0.25) is 0 Å². The average molecular weight is 532 g/mol. The fraction of sp³-hybridized carbons (Fsp3) is 0.207. The highest BCUT2D eigenvalue weighted by Crippen LogP contribution is 2.36. The van der Waals surface area contributed by atoms with E-state index in [1.165, 1.54) is 18.3 Å². The second-order valence-electron chi connectivity index (χ2n) is 9.03. The lowest BCUT2D eigenvalue weighted by atomic mass is 10.0. The second-order valence-corrected chi connectivity index (χ2v) is 9.03. The van der Waals surface area contributed by atoms with Gasteiger partial charge < -0.3 is 30.6 Å². The minimum Gasteiger partial charge on any atom is -0.494 e. The standard InChI is InChI=1S/C29H30FN5O4/c1-4-38-19-13-22(25(30)24(14-19)39-16(2)3)26(34-18-11-9-17(10-12-18)27(31)32)28-33-15-23(35-28)20-7-5-6-8-21(20)29(36)37/h5-16,26,34H,4H2,1-3H3,(H3,31,32)(H,33,35)(H,36,37). The van der Waals surface area contributed by atoms with Crippen molar-refractivity contribution in [3.8, 4) is 22.8 Å². The van der Waals surface area contributed by atoms with Crippen molar-refractivity contribution in [1.82, 2.24) is 9.97 Å². The van der Waals surface area contributed by atoms with Crippen LogP contribution in [0.1, 0.15) is 54.1 Å². The summed E-state index contributed by atoms with van der Waals surface area (Å²) in [6.45, 7) is 5.81. The van der Waals surface area contributed by atoms with Gasteiger partial charge >= 0.3 is 5.97 Å². The molecule has 0 aliphatic rings. The number of carboxylic acid groups (broad SMARTS) is 1. The number of aromatic carboxylic acids is 1. The van der Waals surface area contributed by atoms with E-state index >= 15 is 4.39 Å². The van der Waals surface area contributed by atoms with Crippen molar-refractivity contribution in [3.63, 3.8) is 0 Å².